The molecule has 0 saturated carbocycles. The average Bonchev–Trinajstić information content (AvgIpc) is 2.31. The van der Waals surface area contributed by atoms with Crippen LogP contribution in [0.15, 0.2) is 12.2 Å². The number of hydrogen-bond acceptors (Lipinski definition) is 5. The zero-order chi connectivity index (χ0) is 20.6. The standard InChI is InChI=1S/C11H23NO4S.C5H11NO2/c1-7-11(17(13,14)15)12(5,6)10(4)16-8-9(2)3;1-6(2,3)4-5(7)8/h10-11H,2,7-8H2,1,3-6H3;4H2,1-3H3/p+1. The van der Waals surface area contributed by atoms with Crippen LogP contribution in [-0.4, -0.2) is 87.9 Å². The van der Waals surface area contributed by atoms with Gasteiger partial charge in [-0.1, -0.05) is 19.1 Å². The van der Waals surface area contributed by atoms with Crippen LogP contribution in [0.2, 0.25) is 0 Å². The maximum Gasteiger partial charge on any atom is 0.319 e. The number of carboxylic acid groups (broad SMARTS) is 1. The van der Waals surface area contributed by atoms with Gasteiger partial charge in [0.15, 0.2) is 6.23 Å². The van der Waals surface area contributed by atoms with Gasteiger partial charge in [0.05, 0.1) is 47.8 Å². The van der Waals surface area contributed by atoms with Crippen molar-refractivity contribution in [3.63, 3.8) is 0 Å². The number of carbonyl (C=O) groups excluding carboxylic acids is 1. The maximum absolute atomic E-state index is 11.3. The van der Waals surface area contributed by atoms with Crippen LogP contribution in [0.25, 0.3) is 0 Å². The first-order chi connectivity index (χ1) is 10.9. The number of nitrogens with zero attached hydrogens (tertiary/aromatic N) is 2. The van der Waals surface area contributed by atoms with E-state index >= 15 is 0 Å². The molecule has 8 nitrogen and oxygen atoms in total. The van der Waals surface area contributed by atoms with E-state index in [9.17, 15) is 22.9 Å². The first-order valence-electron chi connectivity index (χ1n) is 8.01. The summed E-state index contributed by atoms with van der Waals surface area (Å²) in [5.41, 5.74) is 0.872. The van der Waals surface area contributed by atoms with Gasteiger partial charge >= 0.3 is 10.1 Å². The van der Waals surface area contributed by atoms with E-state index in [0.717, 1.165) is 5.57 Å². The van der Waals surface area contributed by atoms with E-state index in [2.05, 4.69) is 6.58 Å². The fraction of sp³-hybridized carbons (Fsp3) is 0.812. The lowest BCUT2D eigenvalue weighted by molar-refractivity contribution is -0.945. The fourth-order valence-electron chi connectivity index (χ4n) is 2.10. The van der Waals surface area contributed by atoms with Crippen molar-refractivity contribution in [2.75, 3.05) is 48.4 Å². The third kappa shape index (κ3) is 12.1. The van der Waals surface area contributed by atoms with Crippen LogP contribution < -0.4 is 5.11 Å². The van der Waals surface area contributed by atoms with Gasteiger partial charge in [-0.2, -0.15) is 8.42 Å². The van der Waals surface area contributed by atoms with Crippen LogP contribution in [0, 0.1) is 0 Å². The number of carbonyl (C=O) groups is 1. The van der Waals surface area contributed by atoms with Gasteiger partial charge in [-0.25, -0.2) is 0 Å². The molecule has 0 radical (unpaired) electrons. The summed E-state index contributed by atoms with van der Waals surface area (Å²) in [4.78, 5) is 9.89. The molecule has 0 aliphatic carbocycles. The van der Waals surface area contributed by atoms with Crippen LogP contribution in [0.5, 0.6) is 0 Å². The lowest BCUT2D eigenvalue weighted by atomic mass is 10.3. The lowest BCUT2D eigenvalue weighted by Gasteiger charge is -2.40. The van der Waals surface area contributed by atoms with Gasteiger partial charge in [-0.05, 0) is 6.92 Å². The molecule has 0 aromatic heterocycles. The zero-order valence-corrected chi connectivity index (χ0v) is 17.6. The molecule has 0 aliphatic rings. The Balaban J connectivity index is 0. The van der Waals surface area contributed by atoms with E-state index in [1.165, 1.54) is 0 Å². The second-order valence-electron chi connectivity index (χ2n) is 7.69. The van der Waals surface area contributed by atoms with Crippen molar-refractivity contribution < 1.29 is 36.6 Å². The van der Waals surface area contributed by atoms with Gasteiger partial charge in [-0.3, -0.25) is 9.04 Å². The van der Waals surface area contributed by atoms with Crippen molar-refractivity contribution in [1.82, 2.24) is 0 Å². The summed E-state index contributed by atoms with van der Waals surface area (Å²) in [6.07, 6.45) is -0.0225. The Labute approximate surface area is 152 Å². The third-order valence-electron chi connectivity index (χ3n) is 3.55. The maximum atomic E-state index is 11.3. The first kappa shape index (κ1) is 26.2. The third-order valence-corrected chi connectivity index (χ3v) is 5.11. The minimum atomic E-state index is -4.09. The van der Waals surface area contributed by atoms with Crippen molar-refractivity contribution >= 4 is 16.1 Å². The average molecular weight is 384 g/mol. The minimum absolute atomic E-state index is 0.0581. The highest BCUT2D eigenvalue weighted by Gasteiger charge is 2.41. The molecule has 9 heteroatoms. The summed E-state index contributed by atoms with van der Waals surface area (Å²) in [7, 11) is 4.77. The molecule has 0 rings (SSSR count). The first-order valence-corrected chi connectivity index (χ1v) is 9.51. The molecule has 0 spiro atoms. The molecule has 150 valence electrons. The molecule has 0 fully saturated rings. The van der Waals surface area contributed by atoms with Gasteiger partial charge in [0, 0.05) is 13.3 Å². The van der Waals surface area contributed by atoms with Gasteiger partial charge in [-0.15, -0.1) is 0 Å². The van der Waals surface area contributed by atoms with Gasteiger partial charge in [0.2, 0.25) is 5.37 Å². The fourth-order valence-corrected chi connectivity index (χ4v) is 3.38. The quantitative estimate of drug-likeness (QED) is 0.261. The smallest absolute Gasteiger partial charge is 0.319 e. The number of aliphatic carboxylic acids is 1. The van der Waals surface area contributed by atoms with Gasteiger partial charge < -0.3 is 19.1 Å². The van der Waals surface area contributed by atoms with Crippen LogP contribution in [-0.2, 0) is 19.6 Å². The summed E-state index contributed by atoms with van der Waals surface area (Å²) in [6, 6.07) is 0. The van der Waals surface area contributed by atoms with Crippen LogP contribution in [0.1, 0.15) is 27.2 Å². The highest BCUT2D eigenvalue weighted by molar-refractivity contribution is 7.86. The van der Waals surface area contributed by atoms with Gasteiger partial charge in [0.1, 0.15) is 6.54 Å². The number of rotatable bonds is 9. The highest BCUT2D eigenvalue weighted by Crippen LogP contribution is 2.21. The Hall–Kier alpha value is -1.00. The molecule has 2 atom stereocenters. The SMILES string of the molecule is C=C(C)COC(C)[N+](C)(C)C(CC)S(=O)(=O)O.C[N+](C)(C)CC(=O)[O-]. The summed E-state index contributed by atoms with van der Waals surface area (Å²) >= 11 is 0. The van der Waals surface area contributed by atoms with Crippen molar-refractivity contribution in [3.05, 3.63) is 12.2 Å². The van der Waals surface area contributed by atoms with Crippen molar-refractivity contribution in [2.24, 2.45) is 0 Å². The van der Waals surface area contributed by atoms with Crippen molar-refractivity contribution in [2.45, 2.75) is 38.8 Å². The summed E-state index contributed by atoms with van der Waals surface area (Å²) in [5.74, 6) is -1.00. The molecule has 0 aromatic rings. The molecule has 25 heavy (non-hydrogen) atoms. The Morgan fingerprint density at radius 2 is 1.68 bits per heavy atom. The van der Waals surface area contributed by atoms with E-state index in [1.807, 2.05) is 6.92 Å². The van der Waals surface area contributed by atoms with Crippen molar-refractivity contribution in [1.29, 1.82) is 0 Å². The molecule has 0 amide bonds. The summed E-state index contributed by atoms with van der Waals surface area (Å²) < 4.78 is 37.9. The molecule has 0 saturated heterocycles. The number of hydrogen-bond donors (Lipinski definition) is 1. The predicted molar refractivity (Wildman–Crippen MR) is 95.9 cm³/mol. The van der Waals surface area contributed by atoms with E-state index in [4.69, 9.17) is 4.74 Å². The molecule has 0 heterocycles. The van der Waals surface area contributed by atoms with Crippen LogP contribution in [0.3, 0.4) is 0 Å². The predicted octanol–water partition coefficient (Wildman–Crippen LogP) is 0.0679. The second-order valence-corrected chi connectivity index (χ2v) is 9.27. The topological polar surface area (TPSA) is 104 Å². The largest absolute Gasteiger partial charge is 0.544 e. The Morgan fingerprint density at radius 1 is 1.24 bits per heavy atom. The molecule has 0 bridgehead atoms. The number of likely N-dealkylation sites (N-methyl/N-ethyl adjacent to an activating group) is 1. The molecule has 0 aromatic carbocycles. The summed E-state index contributed by atoms with van der Waals surface area (Å²) in [5, 5.41) is 9.00. The van der Waals surface area contributed by atoms with Gasteiger partial charge in [0.25, 0.3) is 0 Å². The molecular weight excluding hydrogens is 348 g/mol. The zero-order valence-electron chi connectivity index (χ0n) is 16.8. The van der Waals surface area contributed by atoms with E-state index in [-0.39, 0.29) is 17.3 Å². The Bertz CT molecular complexity index is 537. The highest BCUT2D eigenvalue weighted by atomic mass is 32.2. The van der Waals surface area contributed by atoms with Crippen LogP contribution >= 0.6 is 0 Å². The molecule has 0 aliphatic heterocycles. The molecular formula is C16H35N2O6S+. The van der Waals surface area contributed by atoms with E-state index in [0.29, 0.717) is 17.5 Å². The number of carboxylic acids is 1. The lowest BCUT2D eigenvalue weighted by Crippen LogP contribution is -2.58. The van der Waals surface area contributed by atoms with Crippen molar-refractivity contribution in [3.8, 4) is 0 Å². The number of quaternary nitrogens is 2. The normalized spacial score (nSPS) is 14.9. The number of ether oxygens (including phenoxy) is 1. The Kier molecular flexibility index (Phi) is 10.7. The Morgan fingerprint density at radius 3 is 1.88 bits per heavy atom. The van der Waals surface area contributed by atoms with Crippen LogP contribution in [0.4, 0.5) is 0 Å². The second kappa shape index (κ2) is 10.2. The van der Waals surface area contributed by atoms with E-state index in [1.54, 1.807) is 49.1 Å². The molecule has 2 unspecified atom stereocenters. The summed E-state index contributed by atoms with van der Waals surface area (Å²) in [6.45, 7) is 9.53. The van der Waals surface area contributed by atoms with E-state index < -0.39 is 21.5 Å². The minimum Gasteiger partial charge on any atom is -0.544 e. The monoisotopic (exact) mass is 383 g/mol. The molecule has 1 N–H and O–H groups in total.